The van der Waals surface area contributed by atoms with E-state index in [-0.39, 0.29) is 17.0 Å². The van der Waals surface area contributed by atoms with Gasteiger partial charge in [-0.2, -0.15) is 5.10 Å². The monoisotopic (exact) mass is 299 g/mol. The molecule has 1 amide bonds. The Morgan fingerprint density at radius 3 is 2.77 bits per heavy atom. The molecule has 0 aliphatic heterocycles. The maximum atomic E-state index is 11.9. The van der Waals surface area contributed by atoms with Crippen LogP contribution in [0.1, 0.15) is 21.5 Å². The predicted octanol–water partition coefficient (Wildman–Crippen LogP) is 2.37. The first-order valence-electron chi connectivity index (χ1n) is 6.35. The first-order chi connectivity index (χ1) is 10.5. The quantitative estimate of drug-likeness (QED) is 0.513. The number of nitrogens with zero attached hydrogens (tertiary/aromatic N) is 2. The van der Waals surface area contributed by atoms with Crippen LogP contribution in [-0.2, 0) is 0 Å². The molecule has 2 aromatic rings. The molecule has 2 aromatic carbocycles. The van der Waals surface area contributed by atoms with Gasteiger partial charge in [0.15, 0.2) is 0 Å². The molecule has 0 saturated carbocycles. The van der Waals surface area contributed by atoms with E-state index in [1.54, 1.807) is 12.1 Å². The number of hydrogen-bond donors (Lipinski definition) is 2. The molecule has 7 nitrogen and oxygen atoms in total. The standard InChI is InChI=1S/C15H13N3O4/c1-10-6-7-14(19)11(8-10)9-16-17-15(20)12-4-2-3-5-13(12)18(21)22/h2-9,19H,1H3,(H,17,20)/b16-9-. The SMILES string of the molecule is Cc1ccc(O)c(/C=N\NC(=O)c2ccccc2[N+](=O)[O-])c1. The summed E-state index contributed by atoms with van der Waals surface area (Å²) in [6.07, 6.45) is 1.27. The Bertz CT molecular complexity index is 756. The summed E-state index contributed by atoms with van der Waals surface area (Å²) in [6, 6.07) is 10.5. The van der Waals surface area contributed by atoms with Crippen LogP contribution < -0.4 is 5.43 Å². The molecule has 2 N–H and O–H groups in total. The Kier molecular flexibility index (Phi) is 4.47. The maximum absolute atomic E-state index is 11.9. The first kappa shape index (κ1) is 15.2. The van der Waals surface area contributed by atoms with E-state index in [4.69, 9.17) is 0 Å². The van der Waals surface area contributed by atoms with Gasteiger partial charge in [-0.3, -0.25) is 14.9 Å². The minimum atomic E-state index is -0.698. The lowest BCUT2D eigenvalue weighted by Gasteiger charge is -2.02. The molecule has 0 aliphatic carbocycles. The number of phenolic OH excluding ortho intramolecular Hbond substituents is 1. The summed E-state index contributed by atoms with van der Waals surface area (Å²) in [5, 5.41) is 24.2. The van der Waals surface area contributed by atoms with Crippen molar-refractivity contribution in [3.63, 3.8) is 0 Å². The summed E-state index contributed by atoms with van der Waals surface area (Å²) in [7, 11) is 0. The summed E-state index contributed by atoms with van der Waals surface area (Å²) in [5.74, 6) is -0.676. The fourth-order valence-corrected chi connectivity index (χ4v) is 1.82. The second-order valence-electron chi connectivity index (χ2n) is 4.54. The molecule has 112 valence electrons. The van der Waals surface area contributed by atoms with Gasteiger partial charge in [0.25, 0.3) is 11.6 Å². The van der Waals surface area contributed by atoms with Crippen LogP contribution in [0.3, 0.4) is 0 Å². The van der Waals surface area contributed by atoms with Crippen LogP contribution in [0.15, 0.2) is 47.6 Å². The molecule has 0 aromatic heterocycles. The lowest BCUT2D eigenvalue weighted by Crippen LogP contribution is -2.18. The van der Waals surface area contributed by atoms with Crippen molar-refractivity contribution in [2.75, 3.05) is 0 Å². The number of nitro groups is 1. The lowest BCUT2D eigenvalue weighted by atomic mass is 10.1. The summed E-state index contributed by atoms with van der Waals surface area (Å²) >= 11 is 0. The zero-order valence-corrected chi connectivity index (χ0v) is 11.7. The van der Waals surface area contributed by atoms with Crippen molar-refractivity contribution >= 4 is 17.8 Å². The van der Waals surface area contributed by atoms with Crippen molar-refractivity contribution in [1.29, 1.82) is 0 Å². The molecule has 0 heterocycles. The van der Waals surface area contributed by atoms with Crippen LogP contribution in [0.5, 0.6) is 5.75 Å². The molecule has 0 fully saturated rings. The first-order valence-corrected chi connectivity index (χ1v) is 6.35. The van der Waals surface area contributed by atoms with E-state index in [0.29, 0.717) is 5.56 Å². The average molecular weight is 299 g/mol. The van der Waals surface area contributed by atoms with E-state index < -0.39 is 10.8 Å². The second kappa shape index (κ2) is 6.49. The topological polar surface area (TPSA) is 105 Å². The molecule has 0 radical (unpaired) electrons. The number of carbonyl (C=O) groups excluding carboxylic acids is 1. The third-order valence-corrected chi connectivity index (χ3v) is 2.90. The van der Waals surface area contributed by atoms with Gasteiger partial charge in [0.2, 0.25) is 0 Å². The van der Waals surface area contributed by atoms with Crippen LogP contribution in [0.4, 0.5) is 5.69 Å². The number of hydrogen-bond acceptors (Lipinski definition) is 5. The summed E-state index contributed by atoms with van der Waals surface area (Å²) in [5.41, 5.74) is 3.18. The zero-order valence-electron chi connectivity index (χ0n) is 11.7. The molecule has 2 rings (SSSR count). The van der Waals surface area contributed by atoms with Gasteiger partial charge < -0.3 is 5.11 Å². The summed E-state index contributed by atoms with van der Waals surface area (Å²) in [4.78, 5) is 22.1. The number of phenols is 1. The number of nitro benzene ring substituents is 1. The van der Waals surface area contributed by atoms with Gasteiger partial charge in [-0.15, -0.1) is 0 Å². The molecule has 0 saturated heterocycles. The van der Waals surface area contributed by atoms with E-state index in [1.807, 2.05) is 6.92 Å². The number of benzene rings is 2. The number of carbonyl (C=O) groups is 1. The Balaban J connectivity index is 2.15. The van der Waals surface area contributed by atoms with Crippen LogP contribution >= 0.6 is 0 Å². The fraction of sp³-hybridized carbons (Fsp3) is 0.0667. The molecule has 0 atom stereocenters. The van der Waals surface area contributed by atoms with Gasteiger partial charge in [-0.25, -0.2) is 5.43 Å². The molecule has 22 heavy (non-hydrogen) atoms. The number of aromatic hydroxyl groups is 1. The molecule has 0 unspecified atom stereocenters. The highest BCUT2D eigenvalue weighted by molar-refractivity contribution is 5.98. The zero-order chi connectivity index (χ0) is 16.1. The van der Waals surface area contributed by atoms with Gasteiger partial charge in [0.05, 0.1) is 11.1 Å². The van der Waals surface area contributed by atoms with E-state index in [0.717, 1.165) is 5.56 Å². The Hall–Kier alpha value is -3.22. The third kappa shape index (κ3) is 3.45. The fourth-order valence-electron chi connectivity index (χ4n) is 1.82. The number of aryl methyl sites for hydroxylation is 1. The highest BCUT2D eigenvalue weighted by atomic mass is 16.6. The maximum Gasteiger partial charge on any atom is 0.282 e. The number of hydrazone groups is 1. The van der Waals surface area contributed by atoms with Crippen LogP contribution in [0, 0.1) is 17.0 Å². The van der Waals surface area contributed by atoms with Crippen molar-refractivity contribution in [2.24, 2.45) is 5.10 Å². The molecular formula is C15H13N3O4. The van der Waals surface area contributed by atoms with Crippen molar-refractivity contribution < 1.29 is 14.8 Å². The van der Waals surface area contributed by atoms with Gasteiger partial charge in [0, 0.05) is 11.6 Å². The van der Waals surface area contributed by atoms with E-state index in [2.05, 4.69) is 10.5 Å². The lowest BCUT2D eigenvalue weighted by molar-refractivity contribution is -0.385. The number of para-hydroxylation sites is 1. The Morgan fingerprint density at radius 2 is 2.05 bits per heavy atom. The van der Waals surface area contributed by atoms with Crippen molar-refractivity contribution in [3.8, 4) is 5.75 Å². The van der Waals surface area contributed by atoms with Gasteiger partial charge in [0.1, 0.15) is 11.3 Å². The average Bonchev–Trinajstić information content (AvgIpc) is 2.50. The smallest absolute Gasteiger partial charge is 0.282 e. The van der Waals surface area contributed by atoms with Gasteiger partial charge in [-0.05, 0) is 25.1 Å². The summed E-state index contributed by atoms with van der Waals surface area (Å²) in [6.45, 7) is 1.85. The number of rotatable bonds is 4. The van der Waals surface area contributed by atoms with Crippen LogP contribution in [0.25, 0.3) is 0 Å². The van der Waals surface area contributed by atoms with Crippen LogP contribution in [0.2, 0.25) is 0 Å². The Morgan fingerprint density at radius 1 is 1.32 bits per heavy atom. The third-order valence-electron chi connectivity index (χ3n) is 2.90. The van der Waals surface area contributed by atoms with Gasteiger partial charge in [-0.1, -0.05) is 23.8 Å². The minimum absolute atomic E-state index is 0.0225. The van der Waals surface area contributed by atoms with Crippen molar-refractivity contribution in [2.45, 2.75) is 6.92 Å². The largest absolute Gasteiger partial charge is 0.507 e. The van der Waals surface area contributed by atoms with Gasteiger partial charge >= 0.3 is 0 Å². The molecule has 0 aliphatic rings. The molecular weight excluding hydrogens is 286 g/mol. The van der Waals surface area contributed by atoms with E-state index >= 15 is 0 Å². The second-order valence-corrected chi connectivity index (χ2v) is 4.54. The predicted molar refractivity (Wildman–Crippen MR) is 81.0 cm³/mol. The highest BCUT2D eigenvalue weighted by Crippen LogP contribution is 2.18. The molecule has 0 bridgehead atoms. The normalized spacial score (nSPS) is 10.6. The van der Waals surface area contributed by atoms with Crippen LogP contribution in [-0.4, -0.2) is 22.2 Å². The highest BCUT2D eigenvalue weighted by Gasteiger charge is 2.18. The number of amides is 1. The van der Waals surface area contributed by atoms with E-state index in [1.165, 1.54) is 36.5 Å². The molecule has 0 spiro atoms. The Labute approximate surface area is 126 Å². The van der Waals surface area contributed by atoms with E-state index in [9.17, 15) is 20.0 Å². The van der Waals surface area contributed by atoms with Crippen molar-refractivity contribution in [3.05, 3.63) is 69.3 Å². The number of nitrogens with one attached hydrogen (secondary N) is 1. The summed E-state index contributed by atoms with van der Waals surface area (Å²) < 4.78 is 0. The minimum Gasteiger partial charge on any atom is -0.507 e. The molecule has 7 heteroatoms. The van der Waals surface area contributed by atoms with Crippen molar-refractivity contribution in [1.82, 2.24) is 5.43 Å².